The van der Waals surface area contributed by atoms with Crippen molar-refractivity contribution in [2.75, 3.05) is 45.8 Å². The number of carbonyl (C=O) groups is 2. The van der Waals surface area contributed by atoms with Crippen molar-refractivity contribution in [2.45, 2.75) is 25.7 Å². The Morgan fingerprint density at radius 2 is 1.57 bits per heavy atom. The molecule has 0 atom stereocenters. The monoisotopic (exact) mass is 413 g/mol. The molecular formula is C23H28FN3O3. The van der Waals surface area contributed by atoms with E-state index in [4.69, 9.17) is 4.42 Å². The minimum absolute atomic E-state index is 0.0874. The zero-order valence-corrected chi connectivity index (χ0v) is 17.2. The van der Waals surface area contributed by atoms with Crippen LogP contribution in [0.3, 0.4) is 0 Å². The minimum atomic E-state index is -0.324. The zero-order valence-electron chi connectivity index (χ0n) is 17.2. The molecule has 0 unspecified atom stereocenters. The fraction of sp³-hybridized carbons (Fsp3) is 0.478. The zero-order chi connectivity index (χ0) is 20.9. The molecule has 1 aromatic carbocycles. The highest BCUT2D eigenvalue weighted by Gasteiger charge is 2.25. The Balaban J connectivity index is 1.22. The summed E-state index contributed by atoms with van der Waals surface area (Å²) < 4.78 is 19.6. The number of aryl methyl sites for hydroxylation is 1. The van der Waals surface area contributed by atoms with E-state index in [1.807, 2.05) is 9.80 Å². The molecule has 0 bridgehead atoms. The second-order valence-electron chi connectivity index (χ2n) is 7.99. The maximum absolute atomic E-state index is 13.9. The van der Waals surface area contributed by atoms with Gasteiger partial charge in [-0.3, -0.25) is 14.5 Å². The predicted molar refractivity (Wildman–Crippen MR) is 111 cm³/mol. The van der Waals surface area contributed by atoms with Gasteiger partial charge >= 0.3 is 0 Å². The van der Waals surface area contributed by atoms with Crippen LogP contribution >= 0.6 is 0 Å². The molecule has 2 aliphatic rings. The summed E-state index contributed by atoms with van der Waals surface area (Å²) in [7, 11) is 0. The van der Waals surface area contributed by atoms with Crippen LogP contribution in [-0.4, -0.2) is 72.3 Å². The molecule has 2 fully saturated rings. The van der Waals surface area contributed by atoms with Crippen LogP contribution in [0.2, 0.25) is 0 Å². The summed E-state index contributed by atoms with van der Waals surface area (Å²) in [5, 5.41) is 0. The maximum atomic E-state index is 13.9. The lowest BCUT2D eigenvalue weighted by atomic mass is 10.1. The highest BCUT2D eigenvalue weighted by Crippen LogP contribution is 2.25. The number of halogens is 1. The summed E-state index contributed by atoms with van der Waals surface area (Å²) in [5.74, 6) is 1.12. The molecule has 2 aliphatic heterocycles. The average molecular weight is 413 g/mol. The van der Waals surface area contributed by atoms with E-state index in [1.165, 1.54) is 6.07 Å². The number of hydrogen-bond donors (Lipinski definition) is 0. The molecule has 3 heterocycles. The van der Waals surface area contributed by atoms with E-state index in [2.05, 4.69) is 4.90 Å². The standard InChI is InChI=1S/C23H28FN3O3/c24-20-6-2-1-5-19(20)21-9-7-18(30-21)8-10-22(28)27-15-13-25(14-16-27)17-23(29)26-11-3-4-12-26/h1-2,5-7,9H,3-4,8,10-17H2. The number of carbonyl (C=O) groups excluding carboxylic acids is 2. The van der Waals surface area contributed by atoms with E-state index in [-0.39, 0.29) is 17.6 Å². The number of benzene rings is 1. The summed E-state index contributed by atoms with van der Waals surface area (Å²) >= 11 is 0. The number of hydrogen-bond acceptors (Lipinski definition) is 4. The average Bonchev–Trinajstić information content (AvgIpc) is 3.45. The Morgan fingerprint density at radius 3 is 2.30 bits per heavy atom. The molecule has 0 spiro atoms. The van der Waals surface area contributed by atoms with E-state index in [0.29, 0.717) is 49.6 Å². The van der Waals surface area contributed by atoms with Gasteiger partial charge in [-0.1, -0.05) is 12.1 Å². The van der Waals surface area contributed by atoms with Crippen molar-refractivity contribution in [1.29, 1.82) is 0 Å². The molecular weight excluding hydrogens is 385 g/mol. The van der Waals surface area contributed by atoms with E-state index >= 15 is 0 Å². The van der Waals surface area contributed by atoms with E-state index in [1.54, 1.807) is 30.3 Å². The second kappa shape index (κ2) is 9.43. The third-order valence-corrected chi connectivity index (χ3v) is 5.93. The second-order valence-corrected chi connectivity index (χ2v) is 7.99. The molecule has 2 aromatic rings. The first-order valence-electron chi connectivity index (χ1n) is 10.7. The van der Waals surface area contributed by atoms with Crippen LogP contribution in [0.15, 0.2) is 40.8 Å². The van der Waals surface area contributed by atoms with Crippen LogP contribution in [0.25, 0.3) is 11.3 Å². The van der Waals surface area contributed by atoms with Gasteiger partial charge in [0, 0.05) is 52.1 Å². The van der Waals surface area contributed by atoms with Gasteiger partial charge in [-0.25, -0.2) is 4.39 Å². The van der Waals surface area contributed by atoms with Crippen molar-refractivity contribution in [1.82, 2.24) is 14.7 Å². The lowest BCUT2D eigenvalue weighted by Gasteiger charge is -2.35. The Bertz CT molecular complexity index is 883. The minimum Gasteiger partial charge on any atom is -0.461 e. The molecule has 7 heteroatoms. The normalized spacial score (nSPS) is 17.5. The Labute approximate surface area is 176 Å². The van der Waals surface area contributed by atoms with E-state index in [9.17, 15) is 14.0 Å². The topological polar surface area (TPSA) is 57.0 Å². The third kappa shape index (κ3) is 4.90. The summed E-state index contributed by atoms with van der Waals surface area (Å²) in [6, 6.07) is 10.0. The lowest BCUT2D eigenvalue weighted by Crippen LogP contribution is -2.51. The predicted octanol–water partition coefficient (Wildman–Crippen LogP) is 2.78. The molecule has 1 aromatic heterocycles. The van der Waals surface area contributed by atoms with Gasteiger partial charge in [-0.05, 0) is 37.1 Å². The van der Waals surface area contributed by atoms with E-state index in [0.717, 1.165) is 39.0 Å². The van der Waals surface area contributed by atoms with Gasteiger partial charge in [0.2, 0.25) is 11.8 Å². The number of furan rings is 1. The van der Waals surface area contributed by atoms with Gasteiger partial charge in [0.1, 0.15) is 17.3 Å². The number of nitrogens with zero attached hydrogens (tertiary/aromatic N) is 3. The highest BCUT2D eigenvalue weighted by atomic mass is 19.1. The third-order valence-electron chi connectivity index (χ3n) is 5.93. The molecule has 4 rings (SSSR count). The molecule has 0 N–H and O–H groups in total. The van der Waals surface area contributed by atoms with Crippen molar-refractivity contribution in [3.05, 3.63) is 48.0 Å². The van der Waals surface area contributed by atoms with Gasteiger partial charge < -0.3 is 14.2 Å². The van der Waals surface area contributed by atoms with Crippen LogP contribution in [0.4, 0.5) is 4.39 Å². The van der Waals surface area contributed by atoms with Crippen LogP contribution in [-0.2, 0) is 16.0 Å². The number of amides is 2. The quantitative estimate of drug-likeness (QED) is 0.731. The van der Waals surface area contributed by atoms with Crippen molar-refractivity contribution in [2.24, 2.45) is 0 Å². The van der Waals surface area contributed by atoms with Gasteiger partial charge in [0.25, 0.3) is 0 Å². The fourth-order valence-electron chi connectivity index (χ4n) is 4.12. The molecule has 0 saturated carbocycles. The van der Waals surface area contributed by atoms with Gasteiger partial charge in [-0.2, -0.15) is 0 Å². The Hall–Kier alpha value is -2.67. The van der Waals surface area contributed by atoms with Gasteiger partial charge in [0.05, 0.1) is 12.1 Å². The maximum Gasteiger partial charge on any atom is 0.236 e. The number of likely N-dealkylation sites (tertiary alicyclic amines) is 1. The first kappa shape index (κ1) is 20.6. The molecule has 2 saturated heterocycles. The van der Waals surface area contributed by atoms with Crippen LogP contribution in [0.1, 0.15) is 25.0 Å². The van der Waals surface area contributed by atoms with Crippen molar-refractivity contribution >= 4 is 11.8 Å². The molecule has 0 radical (unpaired) electrons. The molecule has 30 heavy (non-hydrogen) atoms. The van der Waals surface area contributed by atoms with E-state index < -0.39 is 0 Å². The smallest absolute Gasteiger partial charge is 0.236 e. The number of rotatable bonds is 6. The van der Waals surface area contributed by atoms with Crippen LogP contribution < -0.4 is 0 Å². The van der Waals surface area contributed by atoms with Crippen molar-refractivity contribution in [3.8, 4) is 11.3 Å². The molecule has 0 aliphatic carbocycles. The van der Waals surface area contributed by atoms with Crippen molar-refractivity contribution in [3.63, 3.8) is 0 Å². The lowest BCUT2D eigenvalue weighted by molar-refractivity contribution is -0.134. The summed E-state index contributed by atoms with van der Waals surface area (Å²) in [6.07, 6.45) is 3.05. The van der Waals surface area contributed by atoms with Crippen LogP contribution in [0.5, 0.6) is 0 Å². The molecule has 2 amide bonds. The fourth-order valence-corrected chi connectivity index (χ4v) is 4.12. The first-order chi connectivity index (χ1) is 14.6. The largest absolute Gasteiger partial charge is 0.461 e. The summed E-state index contributed by atoms with van der Waals surface area (Å²) in [4.78, 5) is 30.8. The Morgan fingerprint density at radius 1 is 0.867 bits per heavy atom. The molecule has 160 valence electrons. The summed E-state index contributed by atoms with van der Waals surface area (Å²) in [6.45, 7) is 4.95. The molecule has 6 nitrogen and oxygen atoms in total. The SMILES string of the molecule is O=C(CCc1ccc(-c2ccccc2F)o1)N1CCN(CC(=O)N2CCCC2)CC1. The van der Waals surface area contributed by atoms with Crippen LogP contribution in [0, 0.1) is 5.82 Å². The highest BCUT2D eigenvalue weighted by molar-refractivity contribution is 5.79. The van der Waals surface area contributed by atoms with Crippen molar-refractivity contribution < 1.29 is 18.4 Å². The Kier molecular flexibility index (Phi) is 6.47. The summed E-state index contributed by atoms with van der Waals surface area (Å²) in [5.41, 5.74) is 0.426. The van der Waals surface area contributed by atoms with Gasteiger partial charge in [-0.15, -0.1) is 0 Å². The first-order valence-corrected chi connectivity index (χ1v) is 10.7. The van der Waals surface area contributed by atoms with Gasteiger partial charge in [0.15, 0.2) is 0 Å². The number of piperazine rings is 1.